The molecule has 0 spiro atoms. The molecule has 0 unspecified atom stereocenters. The molecule has 0 saturated carbocycles. The van der Waals surface area contributed by atoms with Crippen LogP contribution in [0.4, 0.5) is 22.1 Å². The van der Waals surface area contributed by atoms with Gasteiger partial charge in [-0.15, -0.1) is 0 Å². The van der Waals surface area contributed by atoms with Crippen molar-refractivity contribution >= 4 is 29.4 Å². The average Bonchev–Trinajstić information content (AvgIpc) is 2.40. The number of hydrogen-bond acceptors (Lipinski definition) is 6. The predicted molar refractivity (Wildman–Crippen MR) is 73.2 cm³/mol. The number of carbonyl (C=O) groups is 2. The van der Waals surface area contributed by atoms with Crippen LogP contribution in [0, 0.1) is 0 Å². The number of pyridine rings is 1. The van der Waals surface area contributed by atoms with Gasteiger partial charge in [-0.1, -0.05) is 0 Å². The maximum atomic E-state index is 11.3. The van der Waals surface area contributed by atoms with Gasteiger partial charge in [-0.2, -0.15) is 0 Å². The first-order valence-corrected chi connectivity index (χ1v) is 6.21. The molecule has 118 valence electrons. The van der Waals surface area contributed by atoms with Crippen molar-refractivity contribution in [2.24, 2.45) is 0 Å². The second-order valence-corrected chi connectivity index (χ2v) is 3.70. The zero-order chi connectivity index (χ0) is 15.0. The highest BCUT2D eigenvalue weighted by Crippen LogP contribution is 2.14. The number of rotatable bonds is 6. The second kappa shape index (κ2) is 9.65. The van der Waals surface area contributed by atoms with Gasteiger partial charge in [0.05, 0.1) is 13.2 Å². The normalized spacial score (nSPS) is 9.24. The first-order chi connectivity index (χ1) is 9.56. The Hall–Kier alpha value is -2.22. The first kappa shape index (κ1) is 18.8. The Kier molecular flexibility index (Phi) is 8.63. The Bertz CT molecular complexity index is 484. The molecule has 0 saturated heterocycles. The summed E-state index contributed by atoms with van der Waals surface area (Å²) in [6.07, 6.45) is -0.583. The summed E-state index contributed by atoms with van der Waals surface area (Å²) in [5, 5.41) is 5.31. The molecule has 0 atom stereocenters. The van der Waals surface area contributed by atoms with E-state index in [9.17, 15) is 9.59 Å². The summed E-state index contributed by atoms with van der Waals surface area (Å²) in [5.74, 6) is 0.407. The van der Waals surface area contributed by atoms with E-state index in [4.69, 9.17) is 15.2 Å². The molecule has 0 aromatic carbocycles. The van der Waals surface area contributed by atoms with Crippen molar-refractivity contribution in [1.82, 2.24) is 0 Å². The van der Waals surface area contributed by atoms with E-state index in [2.05, 4.69) is 15.6 Å². The Morgan fingerprint density at radius 1 is 1.24 bits per heavy atom. The van der Waals surface area contributed by atoms with E-state index in [0.29, 0.717) is 18.1 Å². The van der Waals surface area contributed by atoms with Crippen molar-refractivity contribution in [3.05, 3.63) is 12.1 Å². The maximum Gasteiger partial charge on any atom is 0.411 e. The van der Waals surface area contributed by atoms with E-state index in [1.165, 1.54) is 0 Å². The summed E-state index contributed by atoms with van der Waals surface area (Å²) in [6, 6.07) is 3.23. The lowest BCUT2D eigenvalue weighted by Gasteiger charge is -2.07. The molecule has 1 aromatic rings. The molecule has 0 bridgehead atoms. The molecule has 0 fully saturated rings. The highest BCUT2D eigenvalue weighted by Gasteiger charge is 2.11. The lowest BCUT2D eigenvalue weighted by molar-refractivity contribution is -0.342. The number of H-pyrrole nitrogens is 1. The zero-order valence-electron chi connectivity index (χ0n) is 11.9. The van der Waals surface area contributed by atoms with Crippen LogP contribution < -0.4 is 33.8 Å². The van der Waals surface area contributed by atoms with Gasteiger partial charge < -0.3 is 27.6 Å². The quantitative estimate of drug-likeness (QED) is 0.505. The lowest BCUT2D eigenvalue weighted by Crippen LogP contribution is -3.00. The molecule has 5 N–H and O–H groups in total. The van der Waals surface area contributed by atoms with Crippen LogP contribution in [0.2, 0.25) is 0 Å². The predicted octanol–water partition coefficient (Wildman–Crippen LogP) is -2.37. The zero-order valence-corrected chi connectivity index (χ0v) is 12.6. The van der Waals surface area contributed by atoms with Crippen LogP contribution in [0.3, 0.4) is 0 Å². The Morgan fingerprint density at radius 3 is 2.48 bits per heavy atom. The molecular formula is C12H19ClN4O4. The van der Waals surface area contributed by atoms with Gasteiger partial charge in [0.1, 0.15) is 5.69 Å². The topological polar surface area (TPSA) is 117 Å². The SMILES string of the molecule is CCOC(=O)CNc1ccc(NC(=O)OCC)c(N)[nH+]1.[Cl-]. The molecule has 0 aliphatic rings. The van der Waals surface area contributed by atoms with Crippen LogP contribution in [0.5, 0.6) is 0 Å². The first-order valence-electron chi connectivity index (χ1n) is 6.21. The van der Waals surface area contributed by atoms with Crippen molar-refractivity contribution < 1.29 is 36.5 Å². The fourth-order valence-corrected chi connectivity index (χ4v) is 1.38. The van der Waals surface area contributed by atoms with Crippen LogP contribution in [-0.2, 0) is 14.3 Å². The number of ether oxygens (including phenoxy) is 2. The maximum absolute atomic E-state index is 11.3. The number of halogens is 1. The van der Waals surface area contributed by atoms with Crippen molar-refractivity contribution in [3.8, 4) is 0 Å². The summed E-state index contributed by atoms with van der Waals surface area (Å²) >= 11 is 0. The average molecular weight is 319 g/mol. The number of esters is 1. The molecule has 1 aromatic heterocycles. The Labute approximate surface area is 128 Å². The highest BCUT2D eigenvalue weighted by atomic mass is 35.5. The number of hydrogen-bond donors (Lipinski definition) is 3. The van der Waals surface area contributed by atoms with Gasteiger partial charge in [0, 0.05) is 6.07 Å². The number of aromatic nitrogens is 1. The monoisotopic (exact) mass is 318 g/mol. The second-order valence-electron chi connectivity index (χ2n) is 3.70. The minimum Gasteiger partial charge on any atom is -1.00 e. The minimum absolute atomic E-state index is 0. The molecule has 1 rings (SSSR count). The number of carbonyl (C=O) groups excluding carboxylic acids is 2. The molecule has 1 heterocycles. The highest BCUT2D eigenvalue weighted by molar-refractivity contribution is 5.87. The van der Waals surface area contributed by atoms with Gasteiger partial charge in [0.25, 0.3) is 0 Å². The van der Waals surface area contributed by atoms with Gasteiger partial charge in [-0.05, 0) is 19.9 Å². The number of anilines is 3. The fraction of sp³-hybridized carbons (Fsp3) is 0.417. The third-order valence-electron chi connectivity index (χ3n) is 2.22. The van der Waals surface area contributed by atoms with Gasteiger partial charge in [-0.3, -0.25) is 10.6 Å². The summed E-state index contributed by atoms with van der Waals surface area (Å²) < 4.78 is 9.52. The molecule has 0 aliphatic heterocycles. The minimum atomic E-state index is -0.583. The molecule has 0 aliphatic carbocycles. The Morgan fingerprint density at radius 2 is 1.90 bits per heavy atom. The van der Waals surface area contributed by atoms with E-state index in [1.54, 1.807) is 26.0 Å². The van der Waals surface area contributed by atoms with Crippen molar-refractivity contribution in [2.45, 2.75) is 13.8 Å². The van der Waals surface area contributed by atoms with Crippen molar-refractivity contribution in [2.75, 3.05) is 36.1 Å². The number of aromatic amines is 1. The standard InChI is InChI=1S/C12H18N4O4.ClH/c1-3-19-10(17)7-14-9-6-5-8(11(13)16-9)15-12(18)20-4-2;/h5-6H,3-4,7H2,1-2H3,(H,15,18)(H3,13,14,16);1H. The number of amides is 1. The van der Waals surface area contributed by atoms with E-state index in [1.807, 2.05) is 0 Å². The summed E-state index contributed by atoms with van der Waals surface area (Å²) in [7, 11) is 0. The number of nitrogens with one attached hydrogen (secondary N) is 3. The van der Waals surface area contributed by atoms with Crippen LogP contribution in [0.1, 0.15) is 13.8 Å². The summed E-state index contributed by atoms with van der Waals surface area (Å²) in [4.78, 5) is 25.2. The van der Waals surface area contributed by atoms with E-state index >= 15 is 0 Å². The van der Waals surface area contributed by atoms with E-state index in [0.717, 1.165) is 0 Å². The summed E-state index contributed by atoms with van der Waals surface area (Å²) in [6.45, 7) is 4.06. The molecule has 1 amide bonds. The molecule has 8 nitrogen and oxygen atoms in total. The van der Waals surface area contributed by atoms with Crippen LogP contribution in [0.15, 0.2) is 12.1 Å². The van der Waals surface area contributed by atoms with Crippen LogP contribution in [-0.4, -0.2) is 31.8 Å². The van der Waals surface area contributed by atoms with Gasteiger partial charge >= 0.3 is 12.1 Å². The smallest absolute Gasteiger partial charge is 0.411 e. The van der Waals surface area contributed by atoms with Crippen LogP contribution in [0.25, 0.3) is 0 Å². The molecular weight excluding hydrogens is 300 g/mol. The Balaban J connectivity index is 0.00000400. The van der Waals surface area contributed by atoms with Gasteiger partial charge in [0.2, 0.25) is 11.6 Å². The largest absolute Gasteiger partial charge is 1.00 e. The third-order valence-corrected chi connectivity index (χ3v) is 2.22. The van der Waals surface area contributed by atoms with Gasteiger partial charge in [-0.25, -0.2) is 14.6 Å². The summed E-state index contributed by atoms with van der Waals surface area (Å²) in [5.41, 5.74) is 6.14. The lowest BCUT2D eigenvalue weighted by atomic mass is 10.3. The molecule has 21 heavy (non-hydrogen) atoms. The van der Waals surface area contributed by atoms with Crippen molar-refractivity contribution in [3.63, 3.8) is 0 Å². The molecule has 9 heteroatoms. The van der Waals surface area contributed by atoms with Crippen molar-refractivity contribution in [1.29, 1.82) is 0 Å². The van der Waals surface area contributed by atoms with Gasteiger partial charge in [0.15, 0.2) is 6.54 Å². The van der Waals surface area contributed by atoms with E-state index in [-0.39, 0.29) is 37.3 Å². The van der Waals surface area contributed by atoms with E-state index < -0.39 is 6.09 Å². The third kappa shape index (κ3) is 6.66. The molecule has 0 radical (unpaired) electrons. The number of nitrogens with two attached hydrogens (primary N) is 1. The number of nitrogen functional groups attached to an aromatic ring is 1. The van der Waals surface area contributed by atoms with Crippen LogP contribution >= 0.6 is 0 Å². The fourth-order valence-electron chi connectivity index (χ4n) is 1.38.